The van der Waals surface area contributed by atoms with Crippen molar-refractivity contribution in [1.82, 2.24) is 10.2 Å². The number of aliphatic imine (C=N–C) groups is 2. The minimum atomic E-state index is -0.372. The predicted octanol–water partition coefficient (Wildman–Crippen LogP) is -0.770. The van der Waals surface area contributed by atoms with E-state index >= 15 is 0 Å². The average Bonchev–Trinajstić information content (AvgIpc) is 2.04. The Morgan fingerprint density at radius 3 is 2.58 bits per heavy atom. The van der Waals surface area contributed by atoms with Gasteiger partial charge >= 0.3 is 6.03 Å². The molecular weight excluding hydrogens is 158 g/mol. The molecule has 0 saturated carbocycles. The van der Waals surface area contributed by atoms with Gasteiger partial charge in [-0.3, -0.25) is 20.2 Å². The van der Waals surface area contributed by atoms with Crippen molar-refractivity contribution in [3.05, 3.63) is 0 Å². The van der Waals surface area contributed by atoms with E-state index in [9.17, 15) is 4.79 Å². The first-order chi connectivity index (χ1) is 5.61. The Labute approximate surface area is 71.2 Å². The molecule has 0 aromatic carbocycles. The highest BCUT2D eigenvalue weighted by molar-refractivity contribution is 5.98. The zero-order chi connectivity index (χ0) is 9.56. The van der Waals surface area contributed by atoms with Crippen LogP contribution in [-0.4, -0.2) is 44.4 Å². The summed E-state index contributed by atoms with van der Waals surface area (Å²) < 4.78 is 0. The first kappa shape index (κ1) is 10.4. The van der Waals surface area contributed by atoms with Gasteiger partial charge in [-0.2, -0.15) is 0 Å². The van der Waals surface area contributed by atoms with Crippen LogP contribution in [0.25, 0.3) is 0 Å². The fraction of sp³-hybridized carbons (Fsp3) is 0.500. The van der Waals surface area contributed by atoms with Crippen LogP contribution in [0.15, 0.2) is 9.98 Å². The summed E-state index contributed by atoms with van der Waals surface area (Å²) in [5.74, 6) is 0.0800. The highest BCUT2D eigenvalue weighted by atomic mass is 16.2. The number of carbonyl (C=O) groups is 1. The Balaban J connectivity index is 4.04. The van der Waals surface area contributed by atoms with Crippen molar-refractivity contribution in [3.8, 4) is 0 Å². The molecule has 3 N–H and O–H groups in total. The standard InChI is InChI=1S/C6H13N5O/c1-8-4-11(3)6(12)10-5(7)9-2/h4H,1-3H3,(H3,7,9,10,12). The fourth-order valence-corrected chi connectivity index (χ4v) is 0.479. The number of carbonyl (C=O) groups excluding carboxylic acids is 1. The van der Waals surface area contributed by atoms with E-state index in [2.05, 4.69) is 15.3 Å². The van der Waals surface area contributed by atoms with Gasteiger partial charge < -0.3 is 5.73 Å². The number of nitrogens with two attached hydrogens (primary N) is 1. The number of rotatable bonds is 1. The average molecular weight is 171 g/mol. The minimum absolute atomic E-state index is 0.0800. The first-order valence-corrected chi connectivity index (χ1v) is 3.30. The second-order valence-electron chi connectivity index (χ2n) is 2.02. The van der Waals surface area contributed by atoms with Gasteiger partial charge in [-0.1, -0.05) is 0 Å². The molecule has 0 aromatic heterocycles. The third-order valence-corrected chi connectivity index (χ3v) is 1.08. The Morgan fingerprint density at radius 1 is 1.58 bits per heavy atom. The molecule has 0 bridgehead atoms. The van der Waals surface area contributed by atoms with Crippen molar-refractivity contribution >= 4 is 18.3 Å². The normalized spacial score (nSPS) is 11.8. The molecule has 0 aliphatic rings. The lowest BCUT2D eigenvalue weighted by Gasteiger charge is -2.10. The van der Waals surface area contributed by atoms with Crippen molar-refractivity contribution in [2.24, 2.45) is 15.7 Å². The van der Waals surface area contributed by atoms with Gasteiger partial charge in [0.1, 0.15) is 0 Å². The Morgan fingerprint density at radius 2 is 2.17 bits per heavy atom. The van der Waals surface area contributed by atoms with Crippen LogP contribution in [0, 0.1) is 0 Å². The molecular formula is C6H13N5O. The topological polar surface area (TPSA) is 83.1 Å². The fourth-order valence-electron chi connectivity index (χ4n) is 0.479. The van der Waals surface area contributed by atoms with Gasteiger partial charge in [-0.25, -0.2) is 4.79 Å². The number of hydrogen-bond donors (Lipinski definition) is 2. The van der Waals surface area contributed by atoms with Crippen molar-refractivity contribution in [2.45, 2.75) is 0 Å². The molecule has 68 valence electrons. The number of nitrogens with one attached hydrogen (secondary N) is 1. The lowest BCUT2D eigenvalue weighted by molar-refractivity contribution is 0.232. The predicted molar refractivity (Wildman–Crippen MR) is 48.3 cm³/mol. The van der Waals surface area contributed by atoms with Gasteiger partial charge in [-0.15, -0.1) is 0 Å². The number of hydrogen-bond acceptors (Lipinski definition) is 3. The molecule has 0 heterocycles. The Bertz CT molecular complexity index is 210. The summed E-state index contributed by atoms with van der Waals surface area (Å²) in [4.78, 5) is 19.5. The van der Waals surface area contributed by atoms with E-state index in [1.807, 2.05) is 0 Å². The van der Waals surface area contributed by atoms with Crippen LogP contribution in [0.2, 0.25) is 0 Å². The lowest BCUT2D eigenvalue weighted by atomic mass is 10.7. The van der Waals surface area contributed by atoms with Gasteiger partial charge in [0, 0.05) is 21.1 Å². The largest absolute Gasteiger partial charge is 0.370 e. The molecule has 0 spiro atoms. The lowest BCUT2D eigenvalue weighted by Crippen LogP contribution is -2.43. The number of urea groups is 1. The van der Waals surface area contributed by atoms with E-state index in [4.69, 9.17) is 5.73 Å². The van der Waals surface area contributed by atoms with Crippen molar-refractivity contribution < 1.29 is 4.79 Å². The van der Waals surface area contributed by atoms with E-state index in [1.165, 1.54) is 18.3 Å². The molecule has 6 heteroatoms. The van der Waals surface area contributed by atoms with E-state index in [1.54, 1.807) is 14.1 Å². The summed E-state index contributed by atoms with van der Waals surface area (Å²) in [6.07, 6.45) is 1.37. The molecule has 0 fully saturated rings. The molecule has 0 saturated heterocycles. The van der Waals surface area contributed by atoms with Crippen LogP contribution >= 0.6 is 0 Å². The molecule has 2 amide bonds. The molecule has 12 heavy (non-hydrogen) atoms. The van der Waals surface area contributed by atoms with E-state index in [0.29, 0.717) is 0 Å². The zero-order valence-electron chi connectivity index (χ0n) is 7.40. The SMILES string of the molecule is CN=CN(C)C(=O)NC(N)=NC. The van der Waals surface area contributed by atoms with Crippen molar-refractivity contribution in [2.75, 3.05) is 21.1 Å². The van der Waals surface area contributed by atoms with E-state index in [-0.39, 0.29) is 12.0 Å². The van der Waals surface area contributed by atoms with Gasteiger partial charge in [0.25, 0.3) is 0 Å². The highest BCUT2D eigenvalue weighted by Gasteiger charge is 2.05. The van der Waals surface area contributed by atoms with Crippen LogP contribution in [0.3, 0.4) is 0 Å². The molecule has 0 aromatic rings. The van der Waals surface area contributed by atoms with Crippen LogP contribution in [0.4, 0.5) is 4.79 Å². The van der Waals surface area contributed by atoms with Gasteiger partial charge in [-0.05, 0) is 0 Å². The summed E-state index contributed by atoms with van der Waals surface area (Å²) in [6, 6.07) is -0.372. The van der Waals surface area contributed by atoms with E-state index in [0.717, 1.165) is 0 Å². The van der Waals surface area contributed by atoms with Crippen LogP contribution in [-0.2, 0) is 0 Å². The summed E-state index contributed by atoms with van der Waals surface area (Å²) in [6.45, 7) is 0. The molecule has 0 atom stereocenters. The second kappa shape index (κ2) is 5.11. The molecule has 0 aliphatic carbocycles. The van der Waals surface area contributed by atoms with Crippen LogP contribution < -0.4 is 11.1 Å². The first-order valence-electron chi connectivity index (χ1n) is 3.30. The smallest absolute Gasteiger partial charge is 0.329 e. The Hall–Kier alpha value is -1.59. The quantitative estimate of drug-likeness (QED) is 0.401. The third kappa shape index (κ3) is 3.55. The summed E-state index contributed by atoms with van der Waals surface area (Å²) in [5.41, 5.74) is 5.25. The maximum absolute atomic E-state index is 11.1. The van der Waals surface area contributed by atoms with Gasteiger partial charge in [0.05, 0.1) is 6.34 Å². The summed E-state index contributed by atoms with van der Waals surface area (Å²) in [7, 11) is 4.62. The maximum atomic E-state index is 11.1. The molecule has 0 unspecified atom stereocenters. The number of guanidine groups is 1. The number of amides is 2. The summed E-state index contributed by atoms with van der Waals surface area (Å²) in [5, 5.41) is 2.34. The molecule has 6 nitrogen and oxygen atoms in total. The summed E-state index contributed by atoms with van der Waals surface area (Å²) >= 11 is 0. The zero-order valence-corrected chi connectivity index (χ0v) is 7.40. The van der Waals surface area contributed by atoms with E-state index < -0.39 is 0 Å². The van der Waals surface area contributed by atoms with Crippen molar-refractivity contribution in [3.63, 3.8) is 0 Å². The highest BCUT2D eigenvalue weighted by Crippen LogP contribution is 1.77. The maximum Gasteiger partial charge on any atom is 0.329 e. The van der Waals surface area contributed by atoms with Crippen molar-refractivity contribution in [1.29, 1.82) is 0 Å². The molecule has 0 radical (unpaired) electrons. The van der Waals surface area contributed by atoms with Crippen LogP contribution in [0.5, 0.6) is 0 Å². The third-order valence-electron chi connectivity index (χ3n) is 1.08. The van der Waals surface area contributed by atoms with Crippen LogP contribution in [0.1, 0.15) is 0 Å². The number of nitrogens with zero attached hydrogens (tertiary/aromatic N) is 3. The molecule has 0 aliphatic heterocycles. The Kier molecular flexibility index (Phi) is 4.43. The monoisotopic (exact) mass is 171 g/mol. The minimum Gasteiger partial charge on any atom is -0.370 e. The van der Waals surface area contributed by atoms with Gasteiger partial charge in [0.2, 0.25) is 0 Å². The van der Waals surface area contributed by atoms with Gasteiger partial charge in [0.15, 0.2) is 5.96 Å². The second-order valence-corrected chi connectivity index (χ2v) is 2.02. The molecule has 0 rings (SSSR count).